The fourth-order valence-electron chi connectivity index (χ4n) is 3.16. The van der Waals surface area contributed by atoms with Crippen LogP contribution in [-0.4, -0.2) is 53.3 Å². The number of ether oxygens (including phenoxy) is 1. The van der Waals surface area contributed by atoms with Gasteiger partial charge in [-0.05, 0) is 36.8 Å². The molecular weight excluding hydrogens is 308 g/mol. The second-order valence-corrected chi connectivity index (χ2v) is 6.14. The van der Waals surface area contributed by atoms with Crippen molar-refractivity contribution in [2.45, 2.75) is 6.42 Å². The van der Waals surface area contributed by atoms with Gasteiger partial charge in [-0.25, -0.2) is 0 Å². The molecule has 0 saturated carbocycles. The van der Waals surface area contributed by atoms with E-state index < -0.39 is 11.4 Å². The molecule has 1 saturated heterocycles. The second kappa shape index (κ2) is 6.49. The summed E-state index contributed by atoms with van der Waals surface area (Å²) in [5.41, 5.74) is 0.439. The fourth-order valence-corrected chi connectivity index (χ4v) is 3.16. The molecule has 0 radical (unpaired) electrons. The van der Waals surface area contributed by atoms with Crippen LogP contribution in [0.3, 0.4) is 0 Å². The minimum Gasteiger partial charge on any atom is -0.481 e. The van der Waals surface area contributed by atoms with Crippen LogP contribution in [-0.2, 0) is 9.53 Å². The Morgan fingerprint density at radius 2 is 2.00 bits per heavy atom. The zero-order valence-corrected chi connectivity index (χ0v) is 13.5. The highest BCUT2D eigenvalue weighted by atomic mass is 16.5. The smallest absolute Gasteiger partial charge is 0.313 e. The third-order valence-corrected chi connectivity index (χ3v) is 4.51. The first-order chi connectivity index (χ1) is 11.6. The Balaban J connectivity index is 1.80. The highest BCUT2D eigenvalue weighted by Crippen LogP contribution is 2.32. The number of aromatic nitrogens is 1. The van der Waals surface area contributed by atoms with Crippen LogP contribution in [0.5, 0.6) is 0 Å². The van der Waals surface area contributed by atoms with Crippen molar-refractivity contribution in [2.75, 3.05) is 26.8 Å². The molecule has 3 rings (SSSR count). The minimum absolute atomic E-state index is 0.107. The van der Waals surface area contributed by atoms with Crippen LogP contribution < -0.4 is 0 Å². The van der Waals surface area contributed by atoms with Crippen molar-refractivity contribution in [3.8, 4) is 5.69 Å². The van der Waals surface area contributed by atoms with Crippen LogP contribution in [0.4, 0.5) is 0 Å². The van der Waals surface area contributed by atoms with Gasteiger partial charge in [0.25, 0.3) is 5.91 Å². The maximum absolute atomic E-state index is 12.8. The predicted octanol–water partition coefficient (Wildman–Crippen LogP) is 2.04. The van der Waals surface area contributed by atoms with Crippen LogP contribution in [0.25, 0.3) is 5.69 Å². The van der Waals surface area contributed by atoms with Crippen molar-refractivity contribution in [2.24, 2.45) is 5.41 Å². The Bertz CT molecular complexity index is 741. The lowest BCUT2D eigenvalue weighted by molar-refractivity contribution is -0.151. The Morgan fingerprint density at radius 1 is 1.25 bits per heavy atom. The Labute approximate surface area is 140 Å². The number of carbonyl (C=O) groups is 2. The number of hydrogen-bond donors (Lipinski definition) is 1. The first-order valence-corrected chi connectivity index (χ1v) is 7.81. The van der Waals surface area contributed by atoms with Gasteiger partial charge in [0.05, 0.1) is 6.61 Å². The van der Waals surface area contributed by atoms with Crippen molar-refractivity contribution in [3.63, 3.8) is 0 Å². The van der Waals surface area contributed by atoms with Crippen LogP contribution in [0.1, 0.15) is 16.8 Å². The highest BCUT2D eigenvalue weighted by molar-refractivity contribution is 5.95. The molecule has 1 amide bonds. The van der Waals surface area contributed by atoms with E-state index in [0.717, 1.165) is 5.69 Å². The van der Waals surface area contributed by atoms with Crippen molar-refractivity contribution in [1.29, 1.82) is 0 Å². The maximum atomic E-state index is 12.8. The summed E-state index contributed by atoms with van der Waals surface area (Å²) in [6.07, 6.45) is 4.22. The Hall–Kier alpha value is -2.60. The normalized spacial score (nSPS) is 20.3. The molecule has 1 aromatic carbocycles. The number of carboxylic acids is 1. The summed E-state index contributed by atoms with van der Waals surface area (Å²) >= 11 is 0. The van der Waals surface area contributed by atoms with Gasteiger partial charge in [0.1, 0.15) is 5.41 Å². The lowest BCUT2D eigenvalue weighted by Gasteiger charge is -2.24. The summed E-state index contributed by atoms with van der Waals surface area (Å²) < 4.78 is 6.99. The molecule has 1 aliphatic rings. The van der Waals surface area contributed by atoms with Gasteiger partial charge in [-0.3, -0.25) is 9.59 Å². The number of hydrogen-bond acceptors (Lipinski definition) is 3. The van der Waals surface area contributed by atoms with Crippen molar-refractivity contribution < 1.29 is 19.4 Å². The molecule has 1 aliphatic heterocycles. The average molecular weight is 328 g/mol. The number of likely N-dealkylation sites (tertiary alicyclic amines) is 1. The van der Waals surface area contributed by atoms with Gasteiger partial charge in [0, 0.05) is 43.8 Å². The number of carboxylic acid groups (broad SMARTS) is 1. The van der Waals surface area contributed by atoms with Gasteiger partial charge in [0.15, 0.2) is 0 Å². The van der Waals surface area contributed by atoms with Crippen LogP contribution in [0.2, 0.25) is 0 Å². The van der Waals surface area contributed by atoms with E-state index in [1.165, 1.54) is 7.11 Å². The van der Waals surface area contributed by atoms with Crippen LogP contribution >= 0.6 is 0 Å². The van der Waals surface area contributed by atoms with Crippen molar-refractivity contribution >= 4 is 11.9 Å². The molecule has 1 fully saturated rings. The molecule has 6 nitrogen and oxygen atoms in total. The third-order valence-electron chi connectivity index (χ3n) is 4.51. The second-order valence-electron chi connectivity index (χ2n) is 6.14. The molecule has 6 heteroatoms. The van der Waals surface area contributed by atoms with Crippen LogP contribution in [0.15, 0.2) is 48.8 Å². The van der Waals surface area contributed by atoms with Gasteiger partial charge < -0.3 is 19.3 Å². The van der Waals surface area contributed by atoms with Gasteiger partial charge in [0.2, 0.25) is 0 Å². The van der Waals surface area contributed by atoms with Gasteiger partial charge in [-0.2, -0.15) is 0 Å². The monoisotopic (exact) mass is 328 g/mol. The van der Waals surface area contributed by atoms with Crippen molar-refractivity contribution in [1.82, 2.24) is 9.47 Å². The largest absolute Gasteiger partial charge is 0.481 e. The van der Waals surface area contributed by atoms with Crippen molar-refractivity contribution in [3.05, 3.63) is 54.4 Å². The number of rotatable bonds is 5. The van der Waals surface area contributed by atoms with Crippen LogP contribution in [0, 0.1) is 5.41 Å². The standard InChI is InChI=1S/C18H20N2O4/c1-24-13-18(17(22)23)7-10-20(12-18)16(21)14-5-4-6-15(11-14)19-8-2-3-9-19/h2-6,8-9,11H,7,10,12-13H2,1H3,(H,22,23). The molecule has 1 atom stereocenters. The zero-order valence-electron chi connectivity index (χ0n) is 13.5. The maximum Gasteiger partial charge on any atom is 0.313 e. The SMILES string of the molecule is COCC1(C(=O)O)CCN(C(=O)c2cccc(-n3cccc3)c2)C1. The molecule has 1 N–H and O–H groups in total. The van der Waals surface area contributed by atoms with Gasteiger partial charge in [-0.1, -0.05) is 6.07 Å². The lowest BCUT2D eigenvalue weighted by atomic mass is 9.88. The molecule has 1 unspecified atom stereocenters. The molecule has 2 aromatic rings. The number of methoxy groups -OCH3 is 1. The fraction of sp³-hybridized carbons (Fsp3) is 0.333. The molecule has 24 heavy (non-hydrogen) atoms. The summed E-state index contributed by atoms with van der Waals surface area (Å²) in [5.74, 6) is -1.07. The number of nitrogens with zero attached hydrogens (tertiary/aromatic N) is 2. The van der Waals surface area contributed by atoms with E-state index in [9.17, 15) is 14.7 Å². The predicted molar refractivity (Wildman–Crippen MR) is 88.2 cm³/mol. The van der Waals surface area contributed by atoms with E-state index in [-0.39, 0.29) is 19.1 Å². The lowest BCUT2D eigenvalue weighted by Crippen LogP contribution is -2.40. The number of carbonyl (C=O) groups excluding carboxylic acids is 1. The van der Waals surface area contributed by atoms with E-state index in [1.807, 2.05) is 47.3 Å². The number of aliphatic carboxylic acids is 1. The van der Waals surface area contributed by atoms with E-state index in [0.29, 0.717) is 18.5 Å². The number of amides is 1. The zero-order chi connectivity index (χ0) is 17.2. The summed E-state index contributed by atoms with van der Waals surface area (Å²) in [7, 11) is 1.48. The topological polar surface area (TPSA) is 71.8 Å². The van der Waals surface area contributed by atoms with E-state index >= 15 is 0 Å². The molecular formula is C18H20N2O4. The summed E-state index contributed by atoms with van der Waals surface area (Å²) in [5, 5.41) is 9.51. The van der Waals surface area contributed by atoms with Gasteiger partial charge >= 0.3 is 5.97 Å². The van der Waals surface area contributed by atoms with E-state index in [4.69, 9.17) is 4.74 Å². The van der Waals surface area contributed by atoms with Gasteiger partial charge in [-0.15, -0.1) is 0 Å². The summed E-state index contributed by atoms with van der Waals surface area (Å²) in [6.45, 7) is 0.695. The summed E-state index contributed by atoms with van der Waals surface area (Å²) in [6, 6.07) is 11.2. The number of benzene rings is 1. The molecule has 0 bridgehead atoms. The molecule has 126 valence electrons. The Kier molecular flexibility index (Phi) is 4.40. The summed E-state index contributed by atoms with van der Waals surface area (Å²) in [4.78, 5) is 26.0. The van der Waals surface area contributed by atoms with E-state index in [2.05, 4.69) is 0 Å². The molecule has 0 aliphatic carbocycles. The Morgan fingerprint density at radius 3 is 2.67 bits per heavy atom. The highest BCUT2D eigenvalue weighted by Gasteiger charge is 2.46. The van der Waals surface area contributed by atoms with E-state index in [1.54, 1.807) is 11.0 Å². The molecule has 0 spiro atoms. The third kappa shape index (κ3) is 2.92. The average Bonchev–Trinajstić information content (AvgIpc) is 3.25. The minimum atomic E-state index is -1.01. The molecule has 2 heterocycles. The first-order valence-electron chi connectivity index (χ1n) is 7.81. The molecule has 1 aromatic heterocycles. The first kappa shape index (κ1) is 16.3. The quantitative estimate of drug-likeness (QED) is 0.912.